The first-order valence-corrected chi connectivity index (χ1v) is 7.31. The average Bonchev–Trinajstić information content (AvgIpc) is 3.07. The van der Waals surface area contributed by atoms with Crippen molar-refractivity contribution < 1.29 is 14.1 Å². The number of ether oxygens (including phenoxy) is 1. The summed E-state index contributed by atoms with van der Waals surface area (Å²) in [5.74, 6) is 0.340. The van der Waals surface area contributed by atoms with Gasteiger partial charge in [-0.25, -0.2) is 4.79 Å². The van der Waals surface area contributed by atoms with Gasteiger partial charge in [-0.05, 0) is 26.8 Å². The zero-order valence-electron chi connectivity index (χ0n) is 12.3. The van der Waals surface area contributed by atoms with Gasteiger partial charge in [-0.15, -0.1) is 11.3 Å². The Hall–Kier alpha value is -2.15. The second kappa shape index (κ2) is 5.00. The van der Waals surface area contributed by atoms with Gasteiger partial charge in [0, 0.05) is 12.4 Å². The molecule has 3 aromatic rings. The lowest BCUT2D eigenvalue weighted by Gasteiger charge is -2.02. The molecule has 0 saturated carbocycles. The Balaban J connectivity index is 1.79. The van der Waals surface area contributed by atoms with Crippen LogP contribution in [0.3, 0.4) is 0 Å². The molecule has 0 aliphatic heterocycles. The quantitative estimate of drug-likeness (QED) is 0.696. The summed E-state index contributed by atoms with van der Waals surface area (Å²) in [5, 5.41) is 9.15. The fraction of sp³-hybridized carbons (Fsp3) is 0.357. The summed E-state index contributed by atoms with van der Waals surface area (Å²) < 4.78 is 12.2. The van der Waals surface area contributed by atoms with E-state index in [1.54, 1.807) is 11.6 Å². The van der Waals surface area contributed by atoms with E-state index in [2.05, 4.69) is 10.3 Å². The van der Waals surface area contributed by atoms with Crippen molar-refractivity contribution in [1.29, 1.82) is 0 Å². The molecule has 0 aromatic carbocycles. The topological polar surface area (TPSA) is 70.2 Å². The molecule has 110 valence electrons. The molecule has 21 heavy (non-hydrogen) atoms. The average molecular weight is 305 g/mol. The van der Waals surface area contributed by atoms with Crippen molar-refractivity contribution in [2.45, 2.75) is 27.4 Å². The molecule has 3 aromatic heterocycles. The third-order valence-electron chi connectivity index (χ3n) is 3.43. The number of esters is 1. The molecular formula is C14H15N3O3S. The van der Waals surface area contributed by atoms with E-state index in [4.69, 9.17) is 9.26 Å². The molecule has 0 aliphatic rings. The highest BCUT2D eigenvalue weighted by molar-refractivity contribution is 7.20. The summed E-state index contributed by atoms with van der Waals surface area (Å²) >= 11 is 1.39. The van der Waals surface area contributed by atoms with Gasteiger partial charge in [-0.3, -0.25) is 4.68 Å². The highest BCUT2D eigenvalue weighted by Crippen LogP contribution is 2.28. The summed E-state index contributed by atoms with van der Waals surface area (Å²) in [7, 11) is 1.87. The van der Waals surface area contributed by atoms with Gasteiger partial charge in [0.15, 0.2) is 0 Å². The third-order valence-corrected chi connectivity index (χ3v) is 4.61. The van der Waals surface area contributed by atoms with Crippen LogP contribution in [0.4, 0.5) is 0 Å². The van der Waals surface area contributed by atoms with Gasteiger partial charge in [-0.1, -0.05) is 5.16 Å². The second-order valence-corrected chi connectivity index (χ2v) is 5.95. The number of nitrogens with zero attached hydrogens (tertiary/aromatic N) is 3. The Labute approximate surface area is 125 Å². The number of fused-ring (bicyclic) bond motifs is 1. The number of hydrogen-bond donors (Lipinski definition) is 0. The highest BCUT2D eigenvalue weighted by Gasteiger charge is 2.17. The molecule has 0 fully saturated rings. The largest absolute Gasteiger partial charge is 0.456 e. The number of aryl methyl sites for hydroxylation is 4. The predicted molar refractivity (Wildman–Crippen MR) is 78.4 cm³/mol. The number of aromatic nitrogens is 3. The van der Waals surface area contributed by atoms with E-state index in [1.807, 2.05) is 27.0 Å². The minimum absolute atomic E-state index is 0.172. The lowest BCUT2D eigenvalue weighted by Crippen LogP contribution is -2.04. The molecule has 6 nitrogen and oxygen atoms in total. The van der Waals surface area contributed by atoms with Crippen molar-refractivity contribution >= 4 is 27.5 Å². The van der Waals surface area contributed by atoms with Crippen molar-refractivity contribution in [2.75, 3.05) is 0 Å². The lowest BCUT2D eigenvalue weighted by molar-refractivity contribution is 0.0477. The van der Waals surface area contributed by atoms with Crippen LogP contribution in [0.2, 0.25) is 0 Å². The van der Waals surface area contributed by atoms with Crippen molar-refractivity contribution in [3.8, 4) is 0 Å². The summed E-state index contributed by atoms with van der Waals surface area (Å²) in [4.78, 5) is 13.7. The summed E-state index contributed by atoms with van der Waals surface area (Å²) in [6.07, 6.45) is 0. The number of rotatable bonds is 3. The first-order chi connectivity index (χ1) is 9.97. The van der Waals surface area contributed by atoms with Crippen molar-refractivity contribution in [3.05, 3.63) is 33.7 Å². The summed E-state index contributed by atoms with van der Waals surface area (Å²) in [6.45, 7) is 5.73. The van der Waals surface area contributed by atoms with Crippen molar-refractivity contribution in [3.63, 3.8) is 0 Å². The van der Waals surface area contributed by atoms with Gasteiger partial charge in [-0.2, -0.15) is 5.10 Å². The van der Waals surface area contributed by atoms with Crippen molar-refractivity contribution in [2.24, 2.45) is 7.05 Å². The van der Waals surface area contributed by atoms with Crippen LogP contribution in [0.15, 0.2) is 10.6 Å². The summed E-state index contributed by atoms with van der Waals surface area (Å²) in [6, 6.07) is 1.83. The highest BCUT2D eigenvalue weighted by atomic mass is 32.1. The van der Waals surface area contributed by atoms with E-state index >= 15 is 0 Å². The van der Waals surface area contributed by atoms with E-state index in [0.717, 1.165) is 27.2 Å². The predicted octanol–water partition coefficient (Wildman–Crippen LogP) is 2.91. The molecule has 0 radical (unpaired) electrons. The smallest absolute Gasteiger partial charge is 0.348 e. The van der Waals surface area contributed by atoms with Crippen LogP contribution >= 0.6 is 11.3 Å². The third kappa shape index (κ3) is 2.33. The maximum atomic E-state index is 12.2. The number of thiophene rings is 1. The Kier molecular flexibility index (Phi) is 3.29. The second-order valence-electron chi connectivity index (χ2n) is 4.92. The van der Waals surface area contributed by atoms with Crippen LogP contribution in [0.5, 0.6) is 0 Å². The van der Waals surface area contributed by atoms with Gasteiger partial charge in [0.2, 0.25) is 0 Å². The van der Waals surface area contributed by atoms with E-state index in [0.29, 0.717) is 10.6 Å². The Morgan fingerprint density at radius 2 is 2.14 bits per heavy atom. The van der Waals surface area contributed by atoms with Crippen molar-refractivity contribution in [1.82, 2.24) is 14.9 Å². The zero-order chi connectivity index (χ0) is 15.1. The lowest BCUT2D eigenvalue weighted by atomic mass is 10.2. The zero-order valence-corrected chi connectivity index (χ0v) is 13.1. The fourth-order valence-corrected chi connectivity index (χ4v) is 3.24. The van der Waals surface area contributed by atoms with Gasteiger partial charge in [0.1, 0.15) is 22.1 Å². The molecule has 0 spiro atoms. The summed E-state index contributed by atoms with van der Waals surface area (Å²) in [5.41, 5.74) is 2.48. The maximum absolute atomic E-state index is 12.2. The number of carbonyl (C=O) groups excluding carboxylic acids is 1. The first-order valence-electron chi connectivity index (χ1n) is 6.49. The number of hydrogen-bond acceptors (Lipinski definition) is 6. The Morgan fingerprint density at radius 1 is 1.38 bits per heavy atom. The fourth-order valence-electron chi connectivity index (χ4n) is 2.22. The van der Waals surface area contributed by atoms with Gasteiger partial charge < -0.3 is 9.26 Å². The Morgan fingerprint density at radius 3 is 2.76 bits per heavy atom. The van der Waals surface area contributed by atoms with Crippen LogP contribution in [0, 0.1) is 20.8 Å². The molecule has 0 N–H and O–H groups in total. The van der Waals surface area contributed by atoms with Gasteiger partial charge >= 0.3 is 5.97 Å². The van der Waals surface area contributed by atoms with E-state index in [1.165, 1.54) is 11.3 Å². The van der Waals surface area contributed by atoms with Crippen LogP contribution in [0.25, 0.3) is 10.2 Å². The van der Waals surface area contributed by atoms with Crippen LogP contribution in [-0.2, 0) is 18.4 Å². The monoisotopic (exact) mass is 305 g/mol. The van der Waals surface area contributed by atoms with E-state index in [-0.39, 0.29) is 12.6 Å². The van der Waals surface area contributed by atoms with E-state index < -0.39 is 0 Å². The normalized spacial score (nSPS) is 11.2. The van der Waals surface area contributed by atoms with Crippen LogP contribution in [-0.4, -0.2) is 20.9 Å². The molecule has 3 rings (SSSR count). The molecule has 0 unspecified atom stereocenters. The van der Waals surface area contributed by atoms with E-state index in [9.17, 15) is 4.79 Å². The molecule has 0 saturated heterocycles. The SMILES string of the molecule is Cc1noc(C)c1COC(=O)c1cc2c(C)nn(C)c2s1. The molecule has 0 aliphatic carbocycles. The molecule has 0 bridgehead atoms. The molecular weight excluding hydrogens is 290 g/mol. The van der Waals surface area contributed by atoms with Crippen LogP contribution < -0.4 is 0 Å². The first kappa shape index (κ1) is 13.8. The van der Waals surface area contributed by atoms with Gasteiger partial charge in [0.05, 0.1) is 17.0 Å². The molecule has 7 heteroatoms. The van der Waals surface area contributed by atoms with Crippen LogP contribution in [0.1, 0.15) is 32.4 Å². The molecule has 3 heterocycles. The molecule has 0 amide bonds. The standard InChI is InChI=1S/C14H15N3O3S/c1-7-10-5-12(21-13(10)17(4)15-7)14(18)19-6-11-8(2)16-20-9(11)3/h5H,6H2,1-4H3. The minimum Gasteiger partial charge on any atom is -0.456 e. The molecule has 0 atom stereocenters. The minimum atomic E-state index is -0.337. The van der Waals surface area contributed by atoms with Gasteiger partial charge in [0.25, 0.3) is 0 Å². The number of carbonyl (C=O) groups is 1. The maximum Gasteiger partial charge on any atom is 0.348 e. The Bertz CT molecular complexity index is 774.